The van der Waals surface area contributed by atoms with Crippen molar-refractivity contribution in [1.82, 2.24) is 0 Å². The molecule has 2 rings (SSSR count). The van der Waals surface area contributed by atoms with E-state index in [0.29, 0.717) is 16.9 Å². The fraction of sp³-hybridized carbons (Fsp3) is 0.133. The Morgan fingerprint density at radius 2 is 2.10 bits per heavy atom. The first-order chi connectivity index (χ1) is 9.51. The summed E-state index contributed by atoms with van der Waals surface area (Å²) in [7, 11) is 0. The lowest BCUT2D eigenvalue weighted by atomic mass is 10.1. The summed E-state index contributed by atoms with van der Waals surface area (Å²) in [6.45, 7) is 2.01. The van der Waals surface area contributed by atoms with E-state index in [9.17, 15) is 9.18 Å². The van der Waals surface area contributed by atoms with Gasteiger partial charge in [0.25, 0.3) is 0 Å². The van der Waals surface area contributed by atoms with E-state index in [1.54, 1.807) is 12.1 Å². The van der Waals surface area contributed by atoms with Crippen LogP contribution in [-0.2, 0) is 6.61 Å². The Kier molecular flexibility index (Phi) is 4.78. The molecule has 0 saturated heterocycles. The molecule has 0 bridgehead atoms. The molecule has 0 unspecified atom stereocenters. The van der Waals surface area contributed by atoms with Crippen molar-refractivity contribution in [2.24, 2.45) is 0 Å². The van der Waals surface area contributed by atoms with Crippen LogP contribution in [0.3, 0.4) is 0 Å². The van der Waals surface area contributed by atoms with Crippen LogP contribution >= 0.6 is 27.5 Å². The van der Waals surface area contributed by atoms with E-state index in [1.807, 2.05) is 13.0 Å². The molecule has 0 amide bonds. The molecule has 0 aliphatic rings. The van der Waals surface area contributed by atoms with Crippen LogP contribution in [0, 0.1) is 12.7 Å². The van der Waals surface area contributed by atoms with Crippen molar-refractivity contribution in [2.45, 2.75) is 13.5 Å². The van der Waals surface area contributed by atoms with Gasteiger partial charge in [-0.2, -0.15) is 0 Å². The first-order valence-electron chi connectivity index (χ1n) is 5.83. The lowest BCUT2D eigenvalue weighted by Gasteiger charge is -2.12. The minimum Gasteiger partial charge on any atom is -0.488 e. The van der Waals surface area contributed by atoms with E-state index in [4.69, 9.17) is 16.3 Å². The van der Waals surface area contributed by atoms with Crippen molar-refractivity contribution in [2.75, 3.05) is 0 Å². The Bertz CT molecular complexity index is 659. The Labute approximate surface area is 129 Å². The zero-order valence-electron chi connectivity index (χ0n) is 10.6. The van der Waals surface area contributed by atoms with Crippen LogP contribution in [-0.4, -0.2) is 6.29 Å². The Balaban J connectivity index is 2.22. The third-order valence-corrected chi connectivity index (χ3v) is 3.53. The Morgan fingerprint density at radius 1 is 1.35 bits per heavy atom. The summed E-state index contributed by atoms with van der Waals surface area (Å²) in [6, 6.07) is 8.00. The summed E-state index contributed by atoms with van der Waals surface area (Å²) in [5.74, 6) is 0.00876. The second-order valence-electron chi connectivity index (χ2n) is 4.30. The zero-order chi connectivity index (χ0) is 14.7. The SMILES string of the molecule is Cc1cc(Br)cc(C=O)c1OCc1ccc(Cl)c(F)c1. The number of benzene rings is 2. The van der Waals surface area contributed by atoms with E-state index in [0.717, 1.165) is 16.3 Å². The van der Waals surface area contributed by atoms with Crippen LogP contribution in [0.1, 0.15) is 21.5 Å². The highest BCUT2D eigenvalue weighted by molar-refractivity contribution is 9.10. The van der Waals surface area contributed by atoms with Crippen LogP contribution in [0.4, 0.5) is 4.39 Å². The molecule has 2 aromatic carbocycles. The average molecular weight is 358 g/mol. The molecule has 0 N–H and O–H groups in total. The number of hydrogen-bond donors (Lipinski definition) is 0. The lowest BCUT2D eigenvalue weighted by molar-refractivity contribution is 0.111. The maximum atomic E-state index is 13.3. The van der Waals surface area contributed by atoms with Gasteiger partial charge in [-0.3, -0.25) is 4.79 Å². The number of aldehydes is 1. The minimum atomic E-state index is -0.490. The smallest absolute Gasteiger partial charge is 0.153 e. The molecule has 0 heterocycles. The van der Waals surface area contributed by atoms with E-state index in [-0.39, 0.29) is 11.6 Å². The van der Waals surface area contributed by atoms with Gasteiger partial charge in [0.1, 0.15) is 18.2 Å². The number of halogens is 3. The van der Waals surface area contributed by atoms with Crippen LogP contribution in [0.15, 0.2) is 34.8 Å². The van der Waals surface area contributed by atoms with Crippen molar-refractivity contribution in [3.8, 4) is 5.75 Å². The van der Waals surface area contributed by atoms with Gasteiger partial charge in [-0.05, 0) is 42.3 Å². The fourth-order valence-electron chi connectivity index (χ4n) is 1.83. The fourth-order valence-corrected chi connectivity index (χ4v) is 2.53. The summed E-state index contributed by atoms with van der Waals surface area (Å²) in [5, 5.41) is 0.0714. The molecule has 0 aliphatic heterocycles. The number of aryl methyl sites for hydroxylation is 1. The second kappa shape index (κ2) is 6.37. The molecule has 0 fully saturated rings. The van der Waals surface area contributed by atoms with Gasteiger partial charge in [-0.1, -0.05) is 33.6 Å². The van der Waals surface area contributed by atoms with E-state index >= 15 is 0 Å². The van der Waals surface area contributed by atoms with Crippen molar-refractivity contribution < 1.29 is 13.9 Å². The molecule has 20 heavy (non-hydrogen) atoms. The van der Waals surface area contributed by atoms with Gasteiger partial charge in [-0.25, -0.2) is 4.39 Å². The van der Waals surface area contributed by atoms with Crippen LogP contribution < -0.4 is 4.74 Å². The van der Waals surface area contributed by atoms with Gasteiger partial charge in [0, 0.05) is 4.47 Å². The molecule has 5 heteroatoms. The summed E-state index contributed by atoms with van der Waals surface area (Å²) >= 11 is 8.94. The molecular weight excluding hydrogens is 347 g/mol. The molecule has 0 aliphatic carbocycles. The first-order valence-corrected chi connectivity index (χ1v) is 7.00. The van der Waals surface area contributed by atoms with Crippen molar-refractivity contribution in [1.29, 1.82) is 0 Å². The van der Waals surface area contributed by atoms with E-state index < -0.39 is 5.82 Å². The third kappa shape index (κ3) is 3.38. The molecule has 2 nitrogen and oxygen atoms in total. The third-order valence-electron chi connectivity index (χ3n) is 2.76. The summed E-state index contributed by atoms with van der Waals surface area (Å²) < 4.78 is 19.8. The monoisotopic (exact) mass is 356 g/mol. The normalized spacial score (nSPS) is 10.4. The van der Waals surface area contributed by atoms with Crippen LogP contribution in [0.2, 0.25) is 5.02 Å². The highest BCUT2D eigenvalue weighted by atomic mass is 79.9. The topological polar surface area (TPSA) is 26.3 Å². The van der Waals surface area contributed by atoms with Gasteiger partial charge in [0.2, 0.25) is 0 Å². The molecule has 104 valence electrons. The maximum Gasteiger partial charge on any atom is 0.153 e. The summed E-state index contributed by atoms with van der Waals surface area (Å²) in [5.41, 5.74) is 1.92. The van der Waals surface area contributed by atoms with E-state index in [1.165, 1.54) is 12.1 Å². The van der Waals surface area contributed by atoms with Crippen molar-refractivity contribution in [3.05, 3.63) is 62.3 Å². The molecule has 0 saturated carbocycles. The van der Waals surface area contributed by atoms with Crippen LogP contribution in [0.25, 0.3) is 0 Å². The van der Waals surface area contributed by atoms with Gasteiger partial charge in [0.15, 0.2) is 6.29 Å². The first kappa shape index (κ1) is 15.0. The highest BCUT2D eigenvalue weighted by Crippen LogP contribution is 2.28. The highest BCUT2D eigenvalue weighted by Gasteiger charge is 2.09. The zero-order valence-corrected chi connectivity index (χ0v) is 13.0. The predicted molar refractivity (Wildman–Crippen MR) is 80.0 cm³/mol. The number of hydrogen-bond acceptors (Lipinski definition) is 2. The minimum absolute atomic E-state index is 0.0714. The van der Waals surface area contributed by atoms with Gasteiger partial charge < -0.3 is 4.74 Å². The number of carbonyl (C=O) groups is 1. The molecule has 0 aromatic heterocycles. The van der Waals surface area contributed by atoms with Gasteiger partial charge in [0.05, 0.1) is 10.6 Å². The molecule has 0 spiro atoms. The summed E-state index contributed by atoms with van der Waals surface area (Å²) in [6.07, 6.45) is 0.732. The largest absolute Gasteiger partial charge is 0.488 e. The Morgan fingerprint density at radius 3 is 2.75 bits per heavy atom. The predicted octanol–water partition coefficient (Wildman–Crippen LogP) is 4.94. The quantitative estimate of drug-likeness (QED) is 0.724. The second-order valence-corrected chi connectivity index (χ2v) is 5.62. The molecular formula is C15H11BrClFO2. The standard InChI is InChI=1S/C15H11BrClFO2/c1-9-4-12(16)6-11(7-19)15(9)20-8-10-2-3-13(17)14(18)5-10/h2-7H,8H2,1H3. The maximum absolute atomic E-state index is 13.3. The average Bonchev–Trinajstić information content (AvgIpc) is 2.40. The van der Waals surface area contributed by atoms with Gasteiger partial charge in [-0.15, -0.1) is 0 Å². The Hall–Kier alpha value is -1.39. The number of ether oxygens (including phenoxy) is 1. The molecule has 0 radical (unpaired) electrons. The molecule has 2 aromatic rings. The van der Waals surface area contributed by atoms with Crippen molar-refractivity contribution in [3.63, 3.8) is 0 Å². The molecule has 0 atom stereocenters. The van der Waals surface area contributed by atoms with Crippen molar-refractivity contribution >= 4 is 33.8 Å². The lowest BCUT2D eigenvalue weighted by Crippen LogP contribution is -2.01. The van der Waals surface area contributed by atoms with E-state index in [2.05, 4.69) is 15.9 Å². The van der Waals surface area contributed by atoms with Crippen LogP contribution in [0.5, 0.6) is 5.75 Å². The number of rotatable bonds is 4. The number of carbonyl (C=O) groups excluding carboxylic acids is 1. The van der Waals surface area contributed by atoms with Gasteiger partial charge >= 0.3 is 0 Å². The summed E-state index contributed by atoms with van der Waals surface area (Å²) in [4.78, 5) is 11.1.